The van der Waals surface area contributed by atoms with Crippen molar-refractivity contribution >= 4 is 29.0 Å². The number of nitrogens with one attached hydrogen (secondary N) is 1. The Kier molecular flexibility index (Phi) is 6.39. The Morgan fingerprint density at radius 3 is 2.56 bits per heavy atom. The summed E-state index contributed by atoms with van der Waals surface area (Å²) in [5, 5.41) is 7.43. The highest BCUT2D eigenvalue weighted by Crippen LogP contribution is 2.31. The van der Waals surface area contributed by atoms with Crippen molar-refractivity contribution in [3.63, 3.8) is 0 Å². The summed E-state index contributed by atoms with van der Waals surface area (Å²) < 4.78 is 9.23. The number of carbonyl (C=O) groups is 1. The highest BCUT2D eigenvalue weighted by molar-refractivity contribution is 7.07. The molecule has 3 heterocycles. The van der Waals surface area contributed by atoms with Crippen molar-refractivity contribution in [2.24, 2.45) is 4.99 Å². The number of ether oxygens (including phenoxy) is 1. The third-order valence-electron chi connectivity index (χ3n) is 5.99. The molecule has 36 heavy (non-hydrogen) atoms. The van der Waals surface area contributed by atoms with Crippen LogP contribution in [0.1, 0.15) is 31.1 Å². The smallest absolute Gasteiger partial charge is 0.271 e. The third-order valence-corrected chi connectivity index (χ3v) is 6.98. The molecule has 1 N–H and O–H groups in total. The number of nitrogens with zero attached hydrogens (tertiary/aromatic N) is 4. The quantitative estimate of drug-likeness (QED) is 0.442. The summed E-state index contributed by atoms with van der Waals surface area (Å²) in [7, 11) is 1.60. The van der Waals surface area contributed by atoms with Gasteiger partial charge in [0.05, 0.1) is 34.6 Å². The molecule has 1 amide bonds. The van der Waals surface area contributed by atoms with Crippen molar-refractivity contribution in [2.45, 2.75) is 26.4 Å². The highest BCUT2D eigenvalue weighted by Gasteiger charge is 2.32. The van der Waals surface area contributed by atoms with Crippen molar-refractivity contribution < 1.29 is 9.53 Å². The van der Waals surface area contributed by atoms with Crippen LogP contribution in [0, 0.1) is 0 Å². The number of allylic oxidation sites excluding steroid dienone is 1. The molecule has 8 nitrogen and oxygen atoms in total. The number of thiazole rings is 1. The summed E-state index contributed by atoms with van der Waals surface area (Å²) in [6.45, 7) is 4.55. The molecule has 0 bridgehead atoms. The normalized spacial score (nSPS) is 15.4. The third kappa shape index (κ3) is 4.40. The summed E-state index contributed by atoms with van der Waals surface area (Å²) in [6, 6.07) is 17.8. The van der Waals surface area contributed by atoms with Gasteiger partial charge in [-0.25, -0.2) is 4.99 Å². The van der Waals surface area contributed by atoms with Gasteiger partial charge in [0.25, 0.3) is 11.5 Å². The van der Waals surface area contributed by atoms with E-state index in [-0.39, 0.29) is 11.5 Å². The van der Waals surface area contributed by atoms with Gasteiger partial charge in [-0.05, 0) is 55.8 Å². The number of benzene rings is 2. The zero-order valence-electron chi connectivity index (χ0n) is 20.1. The molecule has 1 aliphatic heterocycles. The Morgan fingerprint density at radius 1 is 1.14 bits per heavy atom. The van der Waals surface area contributed by atoms with Crippen LogP contribution in [0.3, 0.4) is 0 Å². The molecule has 5 rings (SSSR count). The van der Waals surface area contributed by atoms with Gasteiger partial charge >= 0.3 is 0 Å². The standard InChI is InChI=1S/C27H25N5O3S/c1-4-31-15-14-20(30-31)16-22-26(34)32-24(18-10-12-21(35-3)13-11-18)23(17(2)28-27(32)36-22)25(33)29-19-8-6-5-7-9-19/h5-16,24H,4H2,1-3H3,(H,29,33)/b22-16+/t24-/m0/s1. The van der Waals surface area contributed by atoms with E-state index < -0.39 is 6.04 Å². The fourth-order valence-electron chi connectivity index (χ4n) is 4.20. The van der Waals surface area contributed by atoms with Crippen molar-refractivity contribution in [1.82, 2.24) is 14.3 Å². The molecule has 0 saturated carbocycles. The summed E-state index contributed by atoms with van der Waals surface area (Å²) in [5.74, 6) is 0.382. The first kappa shape index (κ1) is 23.5. The van der Waals surface area contributed by atoms with Gasteiger partial charge in [0.2, 0.25) is 0 Å². The van der Waals surface area contributed by atoms with E-state index in [1.165, 1.54) is 11.3 Å². The Balaban J connectivity index is 1.66. The number of para-hydroxylation sites is 1. The lowest BCUT2D eigenvalue weighted by atomic mass is 9.95. The van der Waals surface area contributed by atoms with Crippen LogP contribution in [0.15, 0.2) is 87.9 Å². The molecule has 9 heteroatoms. The molecule has 182 valence electrons. The van der Waals surface area contributed by atoms with Crippen LogP contribution in [0.2, 0.25) is 0 Å². The second-order valence-corrected chi connectivity index (χ2v) is 9.28. The minimum absolute atomic E-state index is 0.219. The maximum absolute atomic E-state index is 13.7. The molecule has 0 aliphatic carbocycles. The van der Waals surface area contributed by atoms with Crippen LogP contribution in [0.25, 0.3) is 6.08 Å². The monoisotopic (exact) mass is 499 g/mol. The predicted octanol–water partition coefficient (Wildman–Crippen LogP) is 3.10. The lowest BCUT2D eigenvalue weighted by molar-refractivity contribution is -0.113. The molecule has 2 aromatic heterocycles. The molecule has 1 aliphatic rings. The number of anilines is 1. The van der Waals surface area contributed by atoms with Crippen molar-refractivity contribution in [2.75, 3.05) is 12.4 Å². The number of fused-ring (bicyclic) bond motifs is 1. The van der Waals surface area contributed by atoms with Crippen LogP contribution in [-0.2, 0) is 11.3 Å². The SMILES string of the molecule is CCn1ccc(/C=c2/sc3n(c2=O)[C@@H](c2ccc(OC)cc2)C(C(=O)Nc2ccccc2)=C(C)N=3)n1. The Morgan fingerprint density at radius 2 is 1.89 bits per heavy atom. The first-order valence-corrected chi connectivity index (χ1v) is 12.4. The first-order valence-electron chi connectivity index (χ1n) is 11.5. The molecule has 0 saturated heterocycles. The largest absolute Gasteiger partial charge is 0.497 e. The molecule has 0 radical (unpaired) electrons. The fraction of sp³-hybridized carbons (Fsp3) is 0.185. The van der Waals surface area contributed by atoms with Crippen LogP contribution in [-0.4, -0.2) is 27.4 Å². The lowest BCUT2D eigenvalue weighted by Crippen LogP contribution is -2.40. The van der Waals surface area contributed by atoms with Gasteiger partial charge in [-0.2, -0.15) is 5.10 Å². The minimum atomic E-state index is -0.647. The number of rotatable bonds is 6. The highest BCUT2D eigenvalue weighted by atomic mass is 32.1. The van der Waals surface area contributed by atoms with E-state index in [4.69, 9.17) is 4.74 Å². The number of aromatic nitrogens is 3. The maximum Gasteiger partial charge on any atom is 0.271 e. The molecular weight excluding hydrogens is 474 g/mol. The van der Waals surface area contributed by atoms with E-state index in [1.807, 2.05) is 73.8 Å². The van der Waals surface area contributed by atoms with Gasteiger partial charge < -0.3 is 10.1 Å². The van der Waals surface area contributed by atoms with Gasteiger partial charge in [0.1, 0.15) is 5.75 Å². The molecule has 0 spiro atoms. The van der Waals surface area contributed by atoms with E-state index in [0.29, 0.717) is 37.7 Å². The molecule has 0 unspecified atom stereocenters. The zero-order valence-corrected chi connectivity index (χ0v) is 21.0. The topological polar surface area (TPSA) is 90.5 Å². The number of amides is 1. The summed E-state index contributed by atoms with van der Waals surface area (Å²) >= 11 is 1.29. The van der Waals surface area contributed by atoms with Gasteiger partial charge in [-0.3, -0.25) is 18.8 Å². The van der Waals surface area contributed by atoms with Gasteiger partial charge in [-0.1, -0.05) is 41.7 Å². The van der Waals surface area contributed by atoms with Crippen LogP contribution >= 0.6 is 11.3 Å². The van der Waals surface area contributed by atoms with Gasteiger partial charge in [0.15, 0.2) is 4.80 Å². The molecule has 4 aromatic rings. The predicted molar refractivity (Wildman–Crippen MR) is 140 cm³/mol. The van der Waals surface area contributed by atoms with Gasteiger partial charge in [0, 0.05) is 18.4 Å². The number of methoxy groups -OCH3 is 1. The van der Waals surface area contributed by atoms with Crippen LogP contribution < -0.4 is 24.9 Å². The average molecular weight is 500 g/mol. The fourth-order valence-corrected chi connectivity index (χ4v) is 5.23. The zero-order chi connectivity index (χ0) is 25.2. The van der Waals surface area contributed by atoms with Gasteiger partial charge in [-0.15, -0.1) is 0 Å². The minimum Gasteiger partial charge on any atom is -0.497 e. The number of hydrogen-bond donors (Lipinski definition) is 1. The summed E-state index contributed by atoms with van der Waals surface area (Å²) in [5.41, 5.74) is 2.90. The maximum atomic E-state index is 13.7. The van der Waals surface area contributed by atoms with E-state index in [9.17, 15) is 9.59 Å². The molecular formula is C27H25N5O3S. The first-order chi connectivity index (χ1) is 17.5. The van der Waals surface area contributed by atoms with E-state index in [2.05, 4.69) is 15.4 Å². The van der Waals surface area contributed by atoms with Crippen molar-refractivity contribution in [3.05, 3.63) is 109 Å². The Labute approximate surface area is 211 Å². The van der Waals surface area contributed by atoms with Crippen molar-refractivity contribution in [3.8, 4) is 5.75 Å². The van der Waals surface area contributed by atoms with Crippen LogP contribution in [0.4, 0.5) is 5.69 Å². The molecule has 0 fully saturated rings. The summed E-state index contributed by atoms with van der Waals surface area (Å²) in [4.78, 5) is 32.5. The number of aryl methyl sites for hydroxylation is 1. The van der Waals surface area contributed by atoms with Crippen molar-refractivity contribution in [1.29, 1.82) is 0 Å². The Hall–Kier alpha value is -4.24. The van der Waals surface area contributed by atoms with E-state index >= 15 is 0 Å². The average Bonchev–Trinajstić information content (AvgIpc) is 3.47. The molecule has 1 atom stereocenters. The summed E-state index contributed by atoms with van der Waals surface area (Å²) in [6.07, 6.45) is 3.64. The second kappa shape index (κ2) is 9.79. The van der Waals surface area contributed by atoms with E-state index in [0.717, 1.165) is 12.1 Å². The van der Waals surface area contributed by atoms with E-state index in [1.54, 1.807) is 29.4 Å². The lowest BCUT2D eigenvalue weighted by Gasteiger charge is -2.25. The number of hydrogen-bond acceptors (Lipinski definition) is 6. The Bertz CT molecular complexity index is 1630. The molecule has 2 aromatic carbocycles. The second-order valence-electron chi connectivity index (χ2n) is 8.27. The number of carbonyl (C=O) groups excluding carboxylic acids is 1. The van der Waals surface area contributed by atoms with Crippen LogP contribution in [0.5, 0.6) is 5.75 Å².